The smallest absolute Gasteiger partial charge is 0.219 e. The summed E-state index contributed by atoms with van der Waals surface area (Å²) in [5.74, 6) is 1.75. The van der Waals surface area contributed by atoms with Crippen LogP contribution in [0.3, 0.4) is 0 Å². The Morgan fingerprint density at radius 3 is 2.36 bits per heavy atom. The Morgan fingerprint density at radius 2 is 1.68 bits per heavy atom. The minimum Gasteiger partial charge on any atom is -0.353 e. The van der Waals surface area contributed by atoms with Crippen LogP contribution in [0.4, 0.5) is 0 Å². The van der Waals surface area contributed by atoms with Gasteiger partial charge in [0.15, 0.2) is 0 Å². The van der Waals surface area contributed by atoms with Crippen LogP contribution in [0.15, 0.2) is 0 Å². The van der Waals surface area contributed by atoms with E-state index in [1.165, 1.54) is 71.6 Å². The monoisotopic (exact) mass is 352 g/mol. The van der Waals surface area contributed by atoms with Gasteiger partial charge in [-0.3, -0.25) is 4.79 Å². The van der Waals surface area contributed by atoms with E-state index in [0.717, 1.165) is 5.92 Å². The van der Waals surface area contributed by atoms with E-state index >= 15 is 0 Å². The first kappa shape index (κ1) is 20.7. The molecule has 2 heterocycles. The molecule has 2 aliphatic heterocycles. The molecule has 5 heteroatoms. The molecule has 0 bridgehead atoms. The number of piperazine rings is 1. The minimum atomic E-state index is 0.226. The van der Waals surface area contributed by atoms with Crippen LogP contribution in [0.25, 0.3) is 0 Å². The van der Waals surface area contributed by atoms with Crippen molar-refractivity contribution in [3.05, 3.63) is 0 Å². The zero-order chi connectivity index (χ0) is 18.2. The van der Waals surface area contributed by atoms with Crippen molar-refractivity contribution in [2.75, 3.05) is 59.4 Å². The molecule has 0 aromatic heterocycles. The third-order valence-corrected chi connectivity index (χ3v) is 6.14. The normalized spacial score (nSPS) is 30.6. The molecular weight excluding hydrogens is 312 g/mol. The number of fused-ring (bicyclic) bond motifs is 1. The Kier molecular flexibility index (Phi) is 8.67. The number of carbonyl (C=O) groups is 1. The first-order valence-electron chi connectivity index (χ1n) is 10.6. The maximum atomic E-state index is 11.7. The van der Waals surface area contributed by atoms with E-state index in [-0.39, 0.29) is 5.91 Å². The van der Waals surface area contributed by atoms with Crippen LogP contribution in [0.5, 0.6) is 0 Å². The van der Waals surface area contributed by atoms with E-state index in [2.05, 4.69) is 27.1 Å². The molecule has 3 atom stereocenters. The third kappa shape index (κ3) is 5.93. The molecule has 3 unspecified atom stereocenters. The summed E-state index contributed by atoms with van der Waals surface area (Å²) in [6.45, 7) is 15.8. The van der Waals surface area contributed by atoms with Crippen LogP contribution in [0.1, 0.15) is 46.5 Å². The van der Waals surface area contributed by atoms with E-state index in [1.54, 1.807) is 0 Å². The number of likely N-dealkylation sites (N-methyl/N-ethyl adjacent to an activating group) is 1. The minimum absolute atomic E-state index is 0.226. The van der Waals surface area contributed by atoms with E-state index in [4.69, 9.17) is 0 Å². The molecule has 1 aliphatic carbocycles. The van der Waals surface area contributed by atoms with Gasteiger partial charge in [-0.15, -0.1) is 0 Å². The molecule has 5 nitrogen and oxygen atoms in total. The largest absolute Gasteiger partial charge is 0.353 e. The highest BCUT2D eigenvalue weighted by molar-refractivity contribution is 5.75. The summed E-state index contributed by atoms with van der Waals surface area (Å²) in [5.41, 5.74) is 0. The molecule has 1 saturated carbocycles. The van der Waals surface area contributed by atoms with Gasteiger partial charge in [-0.05, 0) is 51.2 Å². The lowest BCUT2D eigenvalue weighted by molar-refractivity contribution is -0.121. The molecule has 146 valence electrons. The molecule has 25 heavy (non-hydrogen) atoms. The second-order valence-corrected chi connectivity index (χ2v) is 7.79. The highest BCUT2D eigenvalue weighted by Crippen LogP contribution is 2.38. The maximum Gasteiger partial charge on any atom is 0.219 e. The van der Waals surface area contributed by atoms with Crippen LogP contribution in [0.2, 0.25) is 0 Å². The maximum absolute atomic E-state index is 11.7. The zero-order valence-corrected chi connectivity index (χ0v) is 17.0. The topological polar surface area (TPSA) is 38.8 Å². The van der Waals surface area contributed by atoms with Gasteiger partial charge in [0.25, 0.3) is 0 Å². The van der Waals surface area contributed by atoms with E-state index in [0.29, 0.717) is 18.4 Å². The number of amides is 1. The van der Waals surface area contributed by atoms with E-state index in [1.807, 2.05) is 20.8 Å². The Hall–Kier alpha value is -0.650. The molecule has 1 amide bonds. The fraction of sp³-hybridized carbons (Fsp3) is 0.950. The first-order chi connectivity index (χ1) is 12.2. The van der Waals surface area contributed by atoms with Gasteiger partial charge in [-0.2, -0.15) is 0 Å². The average Bonchev–Trinajstić information content (AvgIpc) is 3.20. The SMILES string of the molecule is CC.CCC(=O)NC1CCC2CN(CCCN3CCN(C)CC3)CC21. The lowest BCUT2D eigenvalue weighted by atomic mass is 9.98. The number of likely N-dealkylation sites (tertiary alicyclic amines) is 1. The Labute approximate surface area is 155 Å². The van der Waals surface area contributed by atoms with Crippen molar-refractivity contribution in [1.82, 2.24) is 20.0 Å². The van der Waals surface area contributed by atoms with Crippen molar-refractivity contribution in [1.29, 1.82) is 0 Å². The quantitative estimate of drug-likeness (QED) is 0.792. The summed E-state index contributed by atoms with van der Waals surface area (Å²) >= 11 is 0. The van der Waals surface area contributed by atoms with Crippen LogP contribution < -0.4 is 5.32 Å². The summed E-state index contributed by atoms with van der Waals surface area (Å²) in [4.78, 5) is 19.4. The van der Waals surface area contributed by atoms with Gasteiger partial charge < -0.3 is 20.0 Å². The van der Waals surface area contributed by atoms with E-state index in [9.17, 15) is 4.79 Å². The highest BCUT2D eigenvalue weighted by atomic mass is 16.1. The first-order valence-corrected chi connectivity index (χ1v) is 10.6. The van der Waals surface area contributed by atoms with Gasteiger partial charge in [0.05, 0.1) is 0 Å². The molecule has 0 aromatic carbocycles. The van der Waals surface area contributed by atoms with Crippen molar-refractivity contribution in [3.63, 3.8) is 0 Å². The Morgan fingerprint density at radius 1 is 1.00 bits per heavy atom. The lowest BCUT2D eigenvalue weighted by Gasteiger charge is -2.32. The highest BCUT2D eigenvalue weighted by Gasteiger charge is 2.42. The zero-order valence-electron chi connectivity index (χ0n) is 17.0. The average molecular weight is 353 g/mol. The van der Waals surface area contributed by atoms with Gasteiger partial charge in [-0.1, -0.05) is 20.8 Å². The molecule has 0 radical (unpaired) electrons. The molecule has 3 aliphatic rings. The second-order valence-electron chi connectivity index (χ2n) is 7.79. The van der Waals surface area contributed by atoms with Crippen LogP contribution >= 0.6 is 0 Å². The van der Waals surface area contributed by atoms with Crippen molar-refractivity contribution >= 4 is 5.91 Å². The summed E-state index contributed by atoms with van der Waals surface area (Å²) < 4.78 is 0. The van der Waals surface area contributed by atoms with Crippen LogP contribution in [-0.4, -0.2) is 86.1 Å². The van der Waals surface area contributed by atoms with Crippen LogP contribution in [0, 0.1) is 11.8 Å². The number of rotatable bonds is 6. The predicted octanol–water partition coefficient (Wildman–Crippen LogP) is 1.89. The number of nitrogens with one attached hydrogen (secondary N) is 1. The molecule has 0 aromatic rings. The van der Waals surface area contributed by atoms with Gasteiger partial charge in [0, 0.05) is 51.7 Å². The van der Waals surface area contributed by atoms with Gasteiger partial charge in [0.1, 0.15) is 0 Å². The fourth-order valence-electron chi connectivity index (χ4n) is 4.62. The Bertz CT molecular complexity index is 395. The third-order valence-electron chi connectivity index (χ3n) is 6.14. The van der Waals surface area contributed by atoms with Crippen molar-refractivity contribution in [2.24, 2.45) is 11.8 Å². The molecule has 0 spiro atoms. The van der Waals surface area contributed by atoms with Gasteiger partial charge in [0.2, 0.25) is 5.91 Å². The standard InChI is InChI=1S/C18H34N4O.C2H6/c1-3-18(23)19-17-6-5-15-13-22(14-16(15)17)8-4-7-21-11-9-20(2)10-12-21;1-2/h15-17H,3-14H2,1-2H3,(H,19,23);1-2H3. The predicted molar refractivity (Wildman–Crippen MR) is 105 cm³/mol. The number of hydrogen-bond donors (Lipinski definition) is 1. The van der Waals surface area contributed by atoms with Crippen molar-refractivity contribution in [2.45, 2.75) is 52.5 Å². The summed E-state index contributed by atoms with van der Waals surface area (Å²) in [6, 6.07) is 0.440. The molecule has 3 fully saturated rings. The molecule has 1 N–H and O–H groups in total. The van der Waals surface area contributed by atoms with Crippen molar-refractivity contribution < 1.29 is 4.79 Å². The summed E-state index contributed by atoms with van der Waals surface area (Å²) in [6.07, 6.45) is 4.39. The molecular formula is C20H40N4O. The van der Waals surface area contributed by atoms with Crippen LogP contribution in [-0.2, 0) is 4.79 Å². The Balaban J connectivity index is 0.00000109. The number of nitrogens with zero attached hydrogens (tertiary/aromatic N) is 3. The number of carbonyl (C=O) groups excluding carboxylic acids is 1. The molecule has 3 rings (SSSR count). The molecule has 2 saturated heterocycles. The van der Waals surface area contributed by atoms with Crippen molar-refractivity contribution in [3.8, 4) is 0 Å². The number of hydrogen-bond acceptors (Lipinski definition) is 4. The van der Waals surface area contributed by atoms with Gasteiger partial charge >= 0.3 is 0 Å². The van der Waals surface area contributed by atoms with Gasteiger partial charge in [-0.25, -0.2) is 0 Å². The fourth-order valence-corrected chi connectivity index (χ4v) is 4.62. The lowest BCUT2D eigenvalue weighted by Crippen LogP contribution is -2.45. The van der Waals surface area contributed by atoms with E-state index < -0.39 is 0 Å². The summed E-state index contributed by atoms with van der Waals surface area (Å²) in [5, 5.41) is 3.25. The summed E-state index contributed by atoms with van der Waals surface area (Å²) in [7, 11) is 2.22. The second kappa shape index (κ2) is 10.5.